The maximum absolute atomic E-state index is 11.5. The number of ether oxygens (including phenoxy) is 2. The number of carbonyl (C=O) groups excluding carboxylic acids is 2. The highest BCUT2D eigenvalue weighted by molar-refractivity contribution is 6.15. The molecule has 0 aliphatic rings. The van der Waals surface area contributed by atoms with Crippen molar-refractivity contribution in [3.8, 4) is 0 Å². The zero-order chi connectivity index (χ0) is 13.6. The molecule has 0 aliphatic carbocycles. The first-order chi connectivity index (χ1) is 7.84. The molecular formula is C12H19NO4. The van der Waals surface area contributed by atoms with Crippen molar-refractivity contribution in [3.05, 3.63) is 22.9 Å². The summed E-state index contributed by atoms with van der Waals surface area (Å²) < 4.78 is 9.12. The Morgan fingerprint density at radius 2 is 1.41 bits per heavy atom. The van der Waals surface area contributed by atoms with Crippen LogP contribution in [0.3, 0.4) is 0 Å². The van der Waals surface area contributed by atoms with Gasteiger partial charge in [-0.1, -0.05) is 0 Å². The molecule has 0 radical (unpaired) electrons. The molecule has 0 atom stereocenters. The first kappa shape index (κ1) is 15.2. The minimum Gasteiger partial charge on any atom is -0.465 e. The minimum absolute atomic E-state index is 0.0869. The van der Waals surface area contributed by atoms with E-state index in [1.807, 2.05) is 25.9 Å². The number of hydrogen-bond donors (Lipinski definition) is 0. The van der Waals surface area contributed by atoms with E-state index in [0.29, 0.717) is 5.57 Å². The van der Waals surface area contributed by atoms with Gasteiger partial charge in [0.1, 0.15) is 5.57 Å². The van der Waals surface area contributed by atoms with Gasteiger partial charge in [0.25, 0.3) is 0 Å². The van der Waals surface area contributed by atoms with Gasteiger partial charge in [-0.3, -0.25) is 0 Å². The van der Waals surface area contributed by atoms with Crippen LogP contribution in [0.5, 0.6) is 0 Å². The summed E-state index contributed by atoms with van der Waals surface area (Å²) in [6.45, 7) is 3.53. The lowest BCUT2D eigenvalue weighted by Crippen LogP contribution is -2.18. The molecule has 0 amide bonds. The molecule has 0 spiro atoms. The Kier molecular flexibility index (Phi) is 6.02. The Bertz CT molecular complexity index is 349. The highest BCUT2D eigenvalue weighted by atomic mass is 16.5. The van der Waals surface area contributed by atoms with E-state index in [2.05, 4.69) is 9.47 Å². The Labute approximate surface area is 102 Å². The number of hydrogen-bond acceptors (Lipinski definition) is 5. The fourth-order valence-corrected chi connectivity index (χ4v) is 1.12. The second kappa shape index (κ2) is 6.73. The third-order valence-corrected chi connectivity index (χ3v) is 2.30. The van der Waals surface area contributed by atoms with Crippen LogP contribution >= 0.6 is 0 Å². The van der Waals surface area contributed by atoms with Crippen molar-refractivity contribution < 1.29 is 19.1 Å². The standard InChI is InChI=1S/C12H19NO4/c1-8(7-9(2)13(3)4)10(11(14)16-5)12(15)17-6/h7H,1-6H3/b9-7+. The largest absolute Gasteiger partial charge is 0.465 e. The molecule has 0 saturated carbocycles. The third kappa shape index (κ3) is 4.30. The number of esters is 2. The van der Waals surface area contributed by atoms with Crippen LogP contribution in [-0.4, -0.2) is 45.2 Å². The summed E-state index contributed by atoms with van der Waals surface area (Å²) in [4.78, 5) is 24.8. The van der Waals surface area contributed by atoms with Crippen LogP contribution in [0.2, 0.25) is 0 Å². The quantitative estimate of drug-likeness (QED) is 0.243. The Balaban J connectivity index is 5.47. The van der Waals surface area contributed by atoms with Crippen LogP contribution in [0.1, 0.15) is 13.8 Å². The molecule has 0 aliphatic heterocycles. The Hall–Kier alpha value is -1.78. The first-order valence-corrected chi connectivity index (χ1v) is 5.08. The molecule has 5 nitrogen and oxygen atoms in total. The lowest BCUT2D eigenvalue weighted by atomic mass is 10.1. The molecule has 0 aromatic heterocycles. The van der Waals surface area contributed by atoms with E-state index < -0.39 is 11.9 Å². The van der Waals surface area contributed by atoms with Crippen molar-refractivity contribution in [1.29, 1.82) is 0 Å². The summed E-state index contributed by atoms with van der Waals surface area (Å²) in [6.07, 6.45) is 1.73. The van der Waals surface area contributed by atoms with Gasteiger partial charge in [0.2, 0.25) is 0 Å². The molecule has 0 aromatic rings. The molecule has 0 heterocycles. The molecule has 0 N–H and O–H groups in total. The fourth-order valence-electron chi connectivity index (χ4n) is 1.12. The zero-order valence-electron chi connectivity index (χ0n) is 11.2. The first-order valence-electron chi connectivity index (χ1n) is 5.08. The van der Waals surface area contributed by atoms with Gasteiger partial charge in [-0.05, 0) is 25.5 Å². The fraction of sp³-hybridized carbons (Fsp3) is 0.500. The minimum atomic E-state index is -0.697. The van der Waals surface area contributed by atoms with E-state index in [9.17, 15) is 9.59 Å². The van der Waals surface area contributed by atoms with Crippen molar-refractivity contribution in [3.63, 3.8) is 0 Å². The average Bonchev–Trinajstić information content (AvgIpc) is 2.28. The van der Waals surface area contributed by atoms with E-state index in [-0.39, 0.29) is 5.57 Å². The molecule has 0 bridgehead atoms. The zero-order valence-corrected chi connectivity index (χ0v) is 11.2. The van der Waals surface area contributed by atoms with E-state index in [1.54, 1.807) is 13.0 Å². The van der Waals surface area contributed by atoms with E-state index in [0.717, 1.165) is 5.70 Å². The Morgan fingerprint density at radius 3 is 1.71 bits per heavy atom. The SMILES string of the molecule is COC(=O)C(C(=O)OC)=C(C)/C=C(\C)N(C)C. The van der Waals surface area contributed by atoms with Crippen LogP contribution in [0.25, 0.3) is 0 Å². The number of nitrogens with zero attached hydrogens (tertiary/aromatic N) is 1. The number of rotatable bonds is 4. The van der Waals surface area contributed by atoms with Gasteiger partial charge in [0.05, 0.1) is 14.2 Å². The normalized spacial score (nSPS) is 10.6. The number of carbonyl (C=O) groups is 2. The van der Waals surface area contributed by atoms with Gasteiger partial charge in [-0.15, -0.1) is 0 Å². The van der Waals surface area contributed by atoms with Crippen LogP contribution < -0.4 is 0 Å². The molecule has 0 rings (SSSR count). The van der Waals surface area contributed by atoms with E-state index >= 15 is 0 Å². The van der Waals surface area contributed by atoms with Gasteiger partial charge in [-0.25, -0.2) is 9.59 Å². The van der Waals surface area contributed by atoms with E-state index in [4.69, 9.17) is 0 Å². The average molecular weight is 241 g/mol. The molecule has 0 unspecified atom stereocenters. The van der Waals surface area contributed by atoms with Gasteiger partial charge in [0, 0.05) is 19.8 Å². The van der Waals surface area contributed by atoms with Gasteiger partial charge in [0.15, 0.2) is 0 Å². The molecule has 0 saturated heterocycles. The number of allylic oxidation sites excluding steroid dienone is 3. The van der Waals surface area contributed by atoms with Gasteiger partial charge in [-0.2, -0.15) is 0 Å². The summed E-state index contributed by atoms with van der Waals surface area (Å²) in [6, 6.07) is 0. The van der Waals surface area contributed by atoms with E-state index in [1.165, 1.54) is 14.2 Å². The highest BCUT2D eigenvalue weighted by Crippen LogP contribution is 2.12. The maximum atomic E-state index is 11.5. The van der Waals surface area contributed by atoms with Crippen LogP contribution in [-0.2, 0) is 19.1 Å². The molecule has 5 heteroatoms. The molecule has 96 valence electrons. The summed E-state index contributed by atoms with van der Waals surface area (Å²) in [5.41, 5.74) is 1.33. The smallest absolute Gasteiger partial charge is 0.345 e. The second-order valence-electron chi connectivity index (χ2n) is 3.72. The predicted molar refractivity (Wildman–Crippen MR) is 64.2 cm³/mol. The van der Waals surface area contributed by atoms with Crippen molar-refractivity contribution in [1.82, 2.24) is 4.90 Å². The molecular weight excluding hydrogens is 222 g/mol. The summed E-state index contributed by atoms with van der Waals surface area (Å²) in [7, 11) is 6.19. The Morgan fingerprint density at radius 1 is 1.00 bits per heavy atom. The van der Waals surface area contributed by atoms with Gasteiger partial charge >= 0.3 is 11.9 Å². The van der Waals surface area contributed by atoms with Crippen molar-refractivity contribution in [2.75, 3.05) is 28.3 Å². The lowest BCUT2D eigenvalue weighted by Gasteiger charge is -2.13. The van der Waals surface area contributed by atoms with Crippen LogP contribution in [0.4, 0.5) is 0 Å². The summed E-state index contributed by atoms with van der Waals surface area (Å²) in [5.74, 6) is -1.39. The molecule has 17 heavy (non-hydrogen) atoms. The second-order valence-corrected chi connectivity index (χ2v) is 3.72. The highest BCUT2D eigenvalue weighted by Gasteiger charge is 2.22. The summed E-state index contributed by atoms with van der Waals surface area (Å²) >= 11 is 0. The maximum Gasteiger partial charge on any atom is 0.345 e. The van der Waals surface area contributed by atoms with Crippen LogP contribution in [0, 0.1) is 0 Å². The molecule has 0 aromatic carbocycles. The third-order valence-electron chi connectivity index (χ3n) is 2.30. The number of methoxy groups -OCH3 is 2. The monoisotopic (exact) mass is 241 g/mol. The lowest BCUT2D eigenvalue weighted by molar-refractivity contribution is -0.144. The van der Waals surface area contributed by atoms with Crippen molar-refractivity contribution >= 4 is 11.9 Å². The topological polar surface area (TPSA) is 55.8 Å². The summed E-state index contributed by atoms with van der Waals surface area (Å²) in [5, 5.41) is 0. The molecule has 0 fully saturated rings. The van der Waals surface area contributed by atoms with Gasteiger partial charge < -0.3 is 14.4 Å². The van der Waals surface area contributed by atoms with Crippen molar-refractivity contribution in [2.24, 2.45) is 0 Å². The van der Waals surface area contributed by atoms with Crippen molar-refractivity contribution in [2.45, 2.75) is 13.8 Å². The predicted octanol–water partition coefficient (Wildman–Crippen LogP) is 1.11. The van der Waals surface area contributed by atoms with Crippen LogP contribution in [0.15, 0.2) is 22.9 Å².